The second-order valence-corrected chi connectivity index (χ2v) is 7.41. The third kappa shape index (κ3) is 4.77. The number of nitrogens with one attached hydrogen (secondary N) is 1. The summed E-state index contributed by atoms with van der Waals surface area (Å²) in [5, 5.41) is 6.68. The van der Waals surface area contributed by atoms with Crippen molar-refractivity contribution in [3.05, 3.63) is 43.2 Å². The highest BCUT2D eigenvalue weighted by Gasteiger charge is 2.11. The zero-order chi connectivity index (χ0) is 15.2. The van der Waals surface area contributed by atoms with Gasteiger partial charge in [0.1, 0.15) is 5.75 Å². The number of ether oxygens (including phenoxy) is 1. The number of rotatable bonds is 7. The van der Waals surface area contributed by atoms with Gasteiger partial charge in [-0.25, -0.2) is 4.98 Å². The molecule has 114 valence electrons. The largest absolute Gasteiger partial charge is 0.492 e. The van der Waals surface area contributed by atoms with E-state index in [-0.39, 0.29) is 0 Å². The van der Waals surface area contributed by atoms with Gasteiger partial charge in [0.25, 0.3) is 0 Å². The average molecular weight is 434 g/mol. The van der Waals surface area contributed by atoms with Crippen LogP contribution in [0.25, 0.3) is 0 Å². The van der Waals surface area contributed by atoms with Gasteiger partial charge in [-0.05, 0) is 35.0 Å². The van der Waals surface area contributed by atoms with E-state index in [1.165, 1.54) is 5.01 Å². The molecule has 21 heavy (non-hydrogen) atoms. The average Bonchev–Trinajstić information content (AvgIpc) is 2.96. The molecule has 3 nitrogen and oxygen atoms in total. The van der Waals surface area contributed by atoms with Crippen LogP contribution in [0.1, 0.15) is 30.3 Å². The lowest BCUT2D eigenvalue weighted by Crippen LogP contribution is -2.20. The zero-order valence-corrected chi connectivity index (χ0v) is 16.0. The van der Waals surface area contributed by atoms with Crippen LogP contribution in [0.2, 0.25) is 0 Å². The number of hydrogen-bond donors (Lipinski definition) is 1. The fraction of sp³-hybridized carbons (Fsp3) is 0.400. The first kappa shape index (κ1) is 16.9. The maximum Gasteiger partial charge on any atom is 0.138 e. The second-order valence-electron chi connectivity index (χ2n) is 4.71. The Morgan fingerprint density at radius 3 is 2.86 bits per heavy atom. The molecule has 1 N–H and O–H groups in total. The van der Waals surface area contributed by atoms with E-state index < -0.39 is 0 Å². The van der Waals surface area contributed by atoms with Gasteiger partial charge >= 0.3 is 0 Å². The van der Waals surface area contributed by atoms with Gasteiger partial charge in [0.15, 0.2) is 0 Å². The summed E-state index contributed by atoms with van der Waals surface area (Å²) in [4.78, 5) is 4.36. The molecule has 0 aliphatic carbocycles. The van der Waals surface area contributed by atoms with Gasteiger partial charge in [0.05, 0.1) is 16.1 Å². The molecule has 0 fully saturated rings. The zero-order valence-electron chi connectivity index (χ0n) is 12.0. The predicted octanol–water partition coefficient (Wildman–Crippen LogP) is 4.96. The van der Waals surface area contributed by atoms with Gasteiger partial charge in [0.2, 0.25) is 0 Å². The van der Waals surface area contributed by atoms with Gasteiger partial charge < -0.3 is 10.1 Å². The lowest BCUT2D eigenvalue weighted by atomic mass is 10.1. The van der Waals surface area contributed by atoms with Crippen molar-refractivity contribution in [3.63, 3.8) is 0 Å². The van der Waals surface area contributed by atoms with Crippen LogP contribution < -0.4 is 10.1 Å². The van der Waals surface area contributed by atoms with E-state index in [9.17, 15) is 0 Å². The Balaban J connectivity index is 1.99. The highest BCUT2D eigenvalue weighted by Crippen LogP contribution is 2.33. The minimum atomic E-state index is 0.413. The van der Waals surface area contributed by atoms with Gasteiger partial charge in [-0.2, -0.15) is 0 Å². The molecule has 1 aromatic carbocycles. The van der Waals surface area contributed by atoms with E-state index >= 15 is 0 Å². The summed E-state index contributed by atoms with van der Waals surface area (Å²) < 4.78 is 7.75. The van der Waals surface area contributed by atoms with Crippen molar-refractivity contribution in [1.82, 2.24) is 10.3 Å². The van der Waals surface area contributed by atoms with Crippen LogP contribution in [0.5, 0.6) is 5.75 Å². The van der Waals surface area contributed by atoms with Crippen LogP contribution >= 0.6 is 43.2 Å². The van der Waals surface area contributed by atoms with Crippen LogP contribution in [0.15, 0.2) is 32.7 Å². The molecule has 0 radical (unpaired) electrons. The van der Waals surface area contributed by atoms with Crippen molar-refractivity contribution in [1.29, 1.82) is 0 Å². The third-order valence-electron chi connectivity index (χ3n) is 3.01. The van der Waals surface area contributed by atoms with Crippen LogP contribution in [-0.4, -0.2) is 18.1 Å². The SMILES string of the molecule is CCOc1c(Br)cc(Br)cc1CNCC(C)c1nccs1. The molecular weight excluding hydrogens is 416 g/mol. The van der Waals surface area contributed by atoms with Crippen molar-refractivity contribution < 1.29 is 4.74 Å². The topological polar surface area (TPSA) is 34.1 Å². The van der Waals surface area contributed by atoms with Crippen molar-refractivity contribution in [2.75, 3.05) is 13.2 Å². The van der Waals surface area contributed by atoms with E-state index in [0.29, 0.717) is 12.5 Å². The first-order chi connectivity index (χ1) is 10.1. The van der Waals surface area contributed by atoms with E-state index in [1.807, 2.05) is 24.6 Å². The molecule has 1 atom stereocenters. The van der Waals surface area contributed by atoms with Gasteiger partial charge in [0, 0.05) is 40.6 Å². The first-order valence-corrected chi connectivity index (χ1v) is 9.29. The maximum atomic E-state index is 5.73. The highest BCUT2D eigenvalue weighted by molar-refractivity contribution is 9.11. The molecule has 0 aliphatic heterocycles. The maximum absolute atomic E-state index is 5.73. The number of thiazole rings is 1. The molecule has 2 aromatic rings. The Hall–Kier alpha value is -0.430. The van der Waals surface area contributed by atoms with Crippen LogP contribution in [-0.2, 0) is 6.54 Å². The normalized spacial score (nSPS) is 12.4. The Kier molecular flexibility index (Phi) is 6.67. The van der Waals surface area contributed by atoms with Crippen LogP contribution in [0.4, 0.5) is 0 Å². The smallest absolute Gasteiger partial charge is 0.138 e. The summed E-state index contributed by atoms with van der Waals surface area (Å²) in [6.07, 6.45) is 1.86. The lowest BCUT2D eigenvalue weighted by molar-refractivity contribution is 0.333. The molecule has 0 saturated heterocycles. The molecule has 0 spiro atoms. The number of nitrogens with zero attached hydrogens (tertiary/aromatic N) is 1. The molecular formula is C15H18Br2N2OS. The highest BCUT2D eigenvalue weighted by atomic mass is 79.9. The number of aromatic nitrogens is 1. The van der Waals surface area contributed by atoms with Crippen LogP contribution in [0, 0.1) is 0 Å². The molecule has 0 saturated carbocycles. The van der Waals surface area contributed by atoms with E-state index in [2.05, 4.69) is 55.2 Å². The lowest BCUT2D eigenvalue weighted by Gasteiger charge is -2.15. The second kappa shape index (κ2) is 8.27. The molecule has 1 aromatic heterocycles. The fourth-order valence-electron chi connectivity index (χ4n) is 2.04. The minimum absolute atomic E-state index is 0.413. The van der Waals surface area contributed by atoms with Crippen LogP contribution in [0.3, 0.4) is 0 Å². The van der Waals surface area contributed by atoms with Crippen molar-refractivity contribution in [3.8, 4) is 5.75 Å². The molecule has 0 bridgehead atoms. The number of halogens is 2. The molecule has 0 aliphatic rings. The molecule has 6 heteroatoms. The molecule has 2 rings (SSSR count). The monoisotopic (exact) mass is 432 g/mol. The summed E-state index contributed by atoms with van der Waals surface area (Å²) in [7, 11) is 0. The van der Waals surface area contributed by atoms with Crippen molar-refractivity contribution in [2.45, 2.75) is 26.3 Å². The van der Waals surface area contributed by atoms with Gasteiger partial charge in [-0.15, -0.1) is 11.3 Å². The summed E-state index contributed by atoms with van der Waals surface area (Å²) in [5.74, 6) is 1.33. The standard InChI is InChI=1S/C15H18Br2N2OS/c1-3-20-14-11(6-12(16)7-13(14)17)9-18-8-10(2)15-19-4-5-21-15/h4-7,10,18H,3,8-9H2,1-2H3. The Bertz CT molecular complexity index is 575. The van der Waals surface area contributed by atoms with E-state index in [4.69, 9.17) is 4.74 Å². The molecule has 1 unspecified atom stereocenters. The summed E-state index contributed by atoms with van der Waals surface area (Å²) in [5.41, 5.74) is 1.14. The number of hydrogen-bond acceptors (Lipinski definition) is 4. The van der Waals surface area contributed by atoms with Crippen molar-refractivity contribution >= 4 is 43.2 Å². The van der Waals surface area contributed by atoms with Crippen molar-refractivity contribution in [2.24, 2.45) is 0 Å². The summed E-state index contributed by atoms with van der Waals surface area (Å²) in [6, 6.07) is 4.10. The van der Waals surface area contributed by atoms with Gasteiger partial charge in [-0.3, -0.25) is 0 Å². The van der Waals surface area contributed by atoms with E-state index in [0.717, 1.165) is 33.3 Å². The Morgan fingerprint density at radius 2 is 2.19 bits per heavy atom. The van der Waals surface area contributed by atoms with E-state index in [1.54, 1.807) is 11.3 Å². The Labute approximate surface area is 146 Å². The predicted molar refractivity (Wildman–Crippen MR) is 95.2 cm³/mol. The molecule has 0 amide bonds. The fourth-order valence-corrected chi connectivity index (χ4v) is 4.17. The third-order valence-corrected chi connectivity index (χ3v) is 5.07. The Morgan fingerprint density at radius 1 is 1.38 bits per heavy atom. The quantitative estimate of drug-likeness (QED) is 0.669. The number of benzene rings is 1. The summed E-state index contributed by atoms with van der Waals surface area (Å²) >= 11 is 8.79. The first-order valence-electron chi connectivity index (χ1n) is 6.82. The minimum Gasteiger partial charge on any atom is -0.492 e. The molecule has 1 heterocycles. The summed E-state index contributed by atoms with van der Waals surface area (Å²) in [6.45, 7) is 6.50. The van der Waals surface area contributed by atoms with Gasteiger partial charge in [-0.1, -0.05) is 22.9 Å².